The van der Waals surface area contributed by atoms with Crippen LogP contribution in [0.1, 0.15) is 140 Å². The molecule has 0 amide bonds. The van der Waals surface area contributed by atoms with E-state index in [0.717, 1.165) is 38.5 Å². The van der Waals surface area contributed by atoms with Gasteiger partial charge < -0.3 is 38.3 Å². The van der Waals surface area contributed by atoms with Crippen molar-refractivity contribution < 1.29 is 52.6 Å². The Labute approximate surface area is 361 Å². The quantitative estimate of drug-likeness (QED) is 0.136. The first-order valence-corrected chi connectivity index (χ1v) is 23.1. The molecule has 17 atom stereocenters. The van der Waals surface area contributed by atoms with Crippen molar-refractivity contribution in [3.63, 3.8) is 0 Å². The normalized spacial score (nSPS) is 49.6. The SMILES string of the molecule is C=C[C@]1(C)CC(OC(C)=O)[C@@]2(C)C3C(=O)CCC3(CC[C@H]2C)[C@@H](C)[C@@H]1OCOC.COCO[C@H]1[C@H](C)C23CCC(=O)C2[C@@](C)([C@H](C)CC3)[C@H](O)C[C@@]1(C)C1COC(C)(C)O1. The molecule has 1 saturated heterocycles. The molecule has 6 aliphatic carbocycles. The average molecular weight is 845 g/mol. The number of aliphatic hydroxyl groups is 1. The second-order valence-electron chi connectivity index (χ2n) is 22.0. The molecule has 7 aliphatic rings. The van der Waals surface area contributed by atoms with Crippen molar-refractivity contribution >= 4 is 17.5 Å². The van der Waals surface area contributed by atoms with E-state index in [-0.39, 0.29) is 89.8 Å². The van der Waals surface area contributed by atoms with Crippen LogP contribution in [0.4, 0.5) is 0 Å². The fourth-order valence-corrected chi connectivity index (χ4v) is 15.1. The van der Waals surface area contributed by atoms with Crippen LogP contribution in [0.25, 0.3) is 0 Å². The number of carbonyl (C=O) groups is 3. The van der Waals surface area contributed by atoms with E-state index >= 15 is 0 Å². The molecule has 7 fully saturated rings. The van der Waals surface area contributed by atoms with Gasteiger partial charge in [-0.1, -0.05) is 61.5 Å². The minimum atomic E-state index is -0.659. The van der Waals surface area contributed by atoms with Crippen LogP contribution < -0.4 is 0 Å². The van der Waals surface area contributed by atoms with E-state index in [9.17, 15) is 19.5 Å². The van der Waals surface area contributed by atoms with Gasteiger partial charge in [-0.25, -0.2) is 0 Å². The van der Waals surface area contributed by atoms with Crippen LogP contribution >= 0.6 is 0 Å². The summed E-state index contributed by atoms with van der Waals surface area (Å²) in [6, 6.07) is 0. The summed E-state index contributed by atoms with van der Waals surface area (Å²) in [5, 5.41) is 11.8. The number of ether oxygens (including phenoxy) is 7. The summed E-state index contributed by atoms with van der Waals surface area (Å²) in [6.45, 7) is 28.0. The lowest BCUT2D eigenvalue weighted by Crippen LogP contribution is -2.65. The Balaban J connectivity index is 0.000000202. The summed E-state index contributed by atoms with van der Waals surface area (Å²) in [6.07, 6.45) is 8.55. The van der Waals surface area contributed by atoms with Gasteiger partial charge in [-0.2, -0.15) is 0 Å². The number of methoxy groups -OCH3 is 2. The van der Waals surface area contributed by atoms with Crippen molar-refractivity contribution in [2.24, 2.45) is 68.0 Å². The molecular formula is C49H80O11. The largest absolute Gasteiger partial charge is 0.462 e. The highest BCUT2D eigenvalue weighted by molar-refractivity contribution is 5.86. The molecule has 6 unspecified atom stereocenters. The Morgan fingerprint density at radius 3 is 1.77 bits per heavy atom. The summed E-state index contributed by atoms with van der Waals surface area (Å²) in [5.74, 6) is 0.360. The fraction of sp³-hybridized carbons (Fsp3) is 0.898. The van der Waals surface area contributed by atoms with Crippen LogP contribution in [0.5, 0.6) is 0 Å². The Kier molecular flexibility index (Phi) is 13.5. The van der Waals surface area contributed by atoms with Gasteiger partial charge in [-0.15, -0.1) is 6.58 Å². The van der Waals surface area contributed by atoms with E-state index in [1.807, 2.05) is 19.9 Å². The van der Waals surface area contributed by atoms with Crippen LogP contribution in [0, 0.1) is 68.0 Å². The third-order valence-corrected chi connectivity index (χ3v) is 18.9. The van der Waals surface area contributed by atoms with Crippen LogP contribution in [-0.2, 0) is 47.5 Å². The van der Waals surface area contributed by atoms with Gasteiger partial charge in [0.05, 0.1) is 31.0 Å². The molecule has 0 aromatic rings. The second kappa shape index (κ2) is 17.0. The van der Waals surface area contributed by atoms with Crippen LogP contribution in [0.3, 0.4) is 0 Å². The number of hydrogen-bond donors (Lipinski definition) is 1. The van der Waals surface area contributed by atoms with Gasteiger partial charge in [0.25, 0.3) is 0 Å². The number of esters is 1. The van der Waals surface area contributed by atoms with Crippen molar-refractivity contribution in [2.45, 2.75) is 177 Å². The number of Topliss-reactive ketones (excluding diaryl/α,β-unsaturated/α-hetero) is 2. The molecule has 4 bridgehead atoms. The minimum absolute atomic E-state index is 0.110. The Morgan fingerprint density at radius 1 is 0.783 bits per heavy atom. The molecular weight excluding hydrogens is 765 g/mol. The van der Waals surface area contributed by atoms with Crippen molar-refractivity contribution in [3.05, 3.63) is 12.7 Å². The third kappa shape index (κ3) is 7.41. The van der Waals surface area contributed by atoms with Gasteiger partial charge in [0.2, 0.25) is 0 Å². The lowest BCUT2D eigenvalue weighted by Gasteiger charge is -2.62. The van der Waals surface area contributed by atoms with E-state index in [4.69, 9.17) is 33.2 Å². The van der Waals surface area contributed by atoms with Gasteiger partial charge in [-0.3, -0.25) is 14.4 Å². The summed E-state index contributed by atoms with van der Waals surface area (Å²) < 4.78 is 41.7. The van der Waals surface area contributed by atoms with E-state index in [2.05, 4.69) is 62.0 Å². The maximum absolute atomic E-state index is 13.3. The van der Waals surface area contributed by atoms with Crippen molar-refractivity contribution in [3.8, 4) is 0 Å². The zero-order chi connectivity index (χ0) is 44.4. The summed E-state index contributed by atoms with van der Waals surface area (Å²) in [5.41, 5.74) is -2.01. The van der Waals surface area contributed by atoms with Gasteiger partial charge in [0.15, 0.2) is 5.79 Å². The summed E-state index contributed by atoms with van der Waals surface area (Å²) in [4.78, 5) is 38.8. The predicted molar refractivity (Wildman–Crippen MR) is 227 cm³/mol. The van der Waals surface area contributed by atoms with Crippen LogP contribution in [-0.4, -0.2) is 93.4 Å². The first-order chi connectivity index (χ1) is 28.0. The van der Waals surface area contributed by atoms with Gasteiger partial charge >= 0.3 is 5.97 Å². The maximum atomic E-state index is 13.3. The Morgan fingerprint density at radius 2 is 1.28 bits per heavy atom. The topological polar surface area (TPSA) is 136 Å². The smallest absolute Gasteiger partial charge is 0.302 e. The molecule has 1 heterocycles. The number of ketones is 2. The van der Waals surface area contributed by atoms with E-state index in [0.29, 0.717) is 49.8 Å². The number of rotatable bonds is 9. The van der Waals surface area contributed by atoms with Gasteiger partial charge in [-0.05, 0) is 99.7 Å². The molecule has 6 saturated carbocycles. The molecule has 0 aromatic carbocycles. The molecule has 0 aromatic heterocycles. The Bertz CT molecular complexity index is 1610. The molecule has 11 nitrogen and oxygen atoms in total. The minimum Gasteiger partial charge on any atom is -0.462 e. The molecule has 7 rings (SSSR count). The second-order valence-corrected chi connectivity index (χ2v) is 22.0. The molecule has 0 radical (unpaired) electrons. The standard InChI is InChI=1S/C25H42O6.C24H38O5/c1-15-8-10-25-11-9-17(26)20(25)24(15,6)18(27)12-23(5,19-13-30-22(3,4)31-19)21(16(25)2)29-14-28-7;1-8-22(5)13-19(29-17(4)25)23(6)15(2)9-11-24(12-10-18(26)20(23)24)16(3)21(22)28-14-27-7/h15-16,18-21,27H,8-14H2,1-7H3;8,15-16,19-21H,1,9-14H2,2-7H3/t15-,16+,18-,19?,20?,21+,23+,24+,25?;15-,16+,19?,20?,21+,22-,23+,24?/m11/s1. The molecule has 342 valence electrons. The van der Waals surface area contributed by atoms with Crippen molar-refractivity contribution in [1.82, 2.24) is 0 Å². The Hall–Kier alpha value is -1.73. The molecule has 1 N–H and O–H groups in total. The number of carbonyl (C=O) groups excluding carboxylic acids is 3. The van der Waals surface area contributed by atoms with E-state index < -0.39 is 28.1 Å². The maximum Gasteiger partial charge on any atom is 0.302 e. The first-order valence-electron chi connectivity index (χ1n) is 23.1. The first kappa shape index (κ1) is 47.7. The summed E-state index contributed by atoms with van der Waals surface area (Å²) in [7, 11) is 3.26. The zero-order valence-corrected chi connectivity index (χ0v) is 39.4. The highest BCUT2D eigenvalue weighted by Gasteiger charge is 2.70. The number of hydrogen-bond acceptors (Lipinski definition) is 11. The van der Waals surface area contributed by atoms with Crippen LogP contribution in [0.2, 0.25) is 0 Å². The summed E-state index contributed by atoms with van der Waals surface area (Å²) >= 11 is 0. The number of aliphatic hydroxyl groups excluding tert-OH is 1. The molecule has 11 heteroatoms. The highest BCUT2D eigenvalue weighted by atomic mass is 16.7. The molecule has 0 spiro atoms. The van der Waals surface area contributed by atoms with E-state index in [1.54, 1.807) is 14.2 Å². The van der Waals surface area contributed by atoms with Crippen molar-refractivity contribution in [2.75, 3.05) is 34.4 Å². The van der Waals surface area contributed by atoms with Crippen molar-refractivity contribution in [1.29, 1.82) is 0 Å². The molecule has 60 heavy (non-hydrogen) atoms. The molecule has 1 aliphatic heterocycles. The van der Waals surface area contributed by atoms with E-state index in [1.165, 1.54) is 6.92 Å². The van der Waals surface area contributed by atoms with Gasteiger partial charge in [0, 0.05) is 67.5 Å². The lowest BCUT2D eigenvalue weighted by molar-refractivity contribution is -0.246. The average Bonchev–Trinajstić information content (AvgIpc) is 3.87. The highest BCUT2D eigenvalue weighted by Crippen LogP contribution is 2.70. The third-order valence-electron chi connectivity index (χ3n) is 18.9. The zero-order valence-electron chi connectivity index (χ0n) is 39.4. The van der Waals surface area contributed by atoms with Crippen LogP contribution in [0.15, 0.2) is 12.7 Å². The monoisotopic (exact) mass is 845 g/mol. The van der Waals surface area contributed by atoms with Gasteiger partial charge in [0.1, 0.15) is 31.3 Å². The lowest BCUT2D eigenvalue weighted by atomic mass is 9.43. The fourth-order valence-electron chi connectivity index (χ4n) is 15.1. The predicted octanol–water partition coefficient (Wildman–Crippen LogP) is 8.48.